The lowest BCUT2D eigenvalue weighted by Gasteiger charge is -2.24. The fourth-order valence-corrected chi connectivity index (χ4v) is 2.28. The Kier molecular flexibility index (Phi) is 4.79. The average molecular weight is 281 g/mol. The normalized spacial score (nSPS) is 18.1. The van der Waals surface area contributed by atoms with Crippen LogP contribution in [0.2, 0.25) is 0 Å². The van der Waals surface area contributed by atoms with E-state index >= 15 is 0 Å². The molecule has 0 spiro atoms. The van der Waals surface area contributed by atoms with Gasteiger partial charge in [0.15, 0.2) is 0 Å². The van der Waals surface area contributed by atoms with Crippen LogP contribution in [-0.2, 0) is 9.53 Å². The van der Waals surface area contributed by atoms with Gasteiger partial charge in [-0.2, -0.15) is 0 Å². The SMILES string of the molecule is Cc1cc(C(=O)N(CCC(=O)O)CC2CCCO2)co1. The van der Waals surface area contributed by atoms with Crippen molar-refractivity contribution < 1.29 is 23.8 Å². The summed E-state index contributed by atoms with van der Waals surface area (Å²) in [6, 6.07) is 1.66. The summed E-state index contributed by atoms with van der Waals surface area (Å²) in [7, 11) is 0. The van der Waals surface area contributed by atoms with E-state index in [0.29, 0.717) is 24.5 Å². The Hall–Kier alpha value is -1.82. The number of carbonyl (C=O) groups is 2. The van der Waals surface area contributed by atoms with Crippen LogP contribution in [0.5, 0.6) is 0 Å². The Labute approximate surface area is 117 Å². The molecule has 1 aliphatic heterocycles. The quantitative estimate of drug-likeness (QED) is 0.858. The molecular formula is C14H19NO5. The molecule has 110 valence electrons. The molecule has 1 aromatic heterocycles. The Morgan fingerprint density at radius 2 is 2.30 bits per heavy atom. The first-order valence-electron chi connectivity index (χ1n) is 6.74. The number of hydrogen-bond acceptors (Lipinski definition) is 4. The van der Waals surface area contributed by atoms with Crippen molar-refractivity contribution in [1.82, 2.24) is 4.90 Å². The molecule has 6 heteroatoms. The standard InChI is InChI=1S/C14H19NO5/c1-10-7-11(9-20-10)14(18)15(5-4-13(16)17)8-12-3-2-6-19-12/h7,9,12H,2-6,8H2,1H3,(H,16,17). The molecule has 0 bridgehead atoms. The number of aryl methyl sites for hydroxylation is 1. The third kappa shape index (κ3) is 3.84. The minimum absolute atomic E-state index is 0.000688. The predicted octanol–water partition coefficient (Wildman–Crippen LogP) is 1.68. The van der Waals surface area contributed by atoms with Gasteiger partial charge >= 0.3 is 5.97 Å². The number of furan rings is 1. The number of hydrogen-bond donors (Lipinski definition) is 1. The van der Waals surface area contributed by atoms with Crippen LogP contribution in [0.4, 0.5) is 0 Å². The molecule has 2 heterocycles. The van der Waals surface area contributed by atoms with Gasteiger partial charge in [0.1, 0.15) is 12.0 Å². The molecule has 1 amide bonds. The minimum atomic E-state index is -0.918. The zero-order chi connectivity index (χ0) is 14.5. The second kappa shape index (κ2) is 6.56. The highest BCUT2D eigenvalue weighted by Crippen LogP contribution is 2.16. The molecule has 1 saturated heterocycles. The summed E-state index contributed by atoms with van der Waals surface area (Å²) in [4.78, 5) is 24.6. The molecule has 0 saturated carbocycles. The van der Waals surface area contributed by atoms with Crippen molar-refractivity contribution in [2.75, 3.05) is 19.7 Å². The molecule has 0 radical (unpaired) electrons. The van der Waals surface area contributed by atoms with E-state index in [9.17, 15) is 9.59 Å². The molecular weight excluding hydrogens is 262 g/mol. The van der Waals surface area contributed by atoms with Gasteiger partial charge in [0, 0.05) is 19.7 Å². The largest absolute Gasteiger partial charge is 0.481 e. The highest BCUT2D eigenvalue weighted by Gasteiger charge is 2.24. The number of nitrogens with zero attached hydrogens (tertiary/aromatic N) is 1. The highest BCUT2D eigenvalue weighted by atomic mass is 16.5. The Morgan fingerprint density at radius 3 is 2.85 bits per heavy atom. The van der Waals surface area contributed by atoms with E-state index in [1.807, 2.05) is 0 Å². The maximum Gasteiger partial charge on any atom is 0.305 e. The monoisotopic (exact) mass is 281 g/mol. The molecule has 1 unspecified atom stereocenters. The lowest BCUT2D eigenvalue weighted by atomic mass is 10.2. The van der Waals surface area contributed by atoms with Crippen molar-refractivity contribution in [3.05, 3.63) is 23.7 Å². The molecule has 0 aromatic carbocycles. The molecule has 20 heavy (non-hydrogen) atoms. The van der Waals surface area contributed by atoms with E-state index in [-0.39, 0.29) is 25.0 Å². The number of rotatable bonds is 6. The van der Waals surface area contributed by atoms with Gasteiger partial charge in [-0.1, -0.05) is 0 Å². The van der Waals surface area contributed by atoms with Crippen LogP contribution in [0.25, 0.3) is 0 Å². The average Bonchev–Trinajstić information content (AvgIpc) is 3.04. The molecule has 1 atom stereocenters. The number of carboxylic acids is 1. The topological polar surface area (TPSA) is 80.0 Å². The molecule has 1 aromatic rings. The number of carbonyl (C=O) groups excluding carboxylic acids is 1. The second-order valence-electron chi connectivity index (χ2n) is 4.98. The first-order valence-corrected chi connectivity index (χ1v) is 6.74. The van der Waals surface area contributed by atoms with Gasteiger partial charge in [0.25, 0.3) is 5.91 Å². The number of amides is 1. The summed E-state index contributed by atoms with van der Waals surface area (Å²) in [6.07, 6.45) is 3.22. The predicted molar refractivity (Wildman–Crippen MR) is 70.6 cm³/mol. The van der Waals surface area contributed by atoms with Crippen molar-refractivity contribution in [1.29, 1.82) is 0 Å². The van der Waals surface area contributed by atoms with Gasteiger partial charge in [-0.05, 0) is 25.8 Å². The number of carboxylic acid groups (broad SMARTS) is 1. The summed E-state index contributed by atoms with van der Waals surface area (Å²) in [5, 5.41) is 8.79. The van der Waals surface area contributed by atoms with Crippen molar-refractivity contribution in [2.24, 2.45) is 0 Å². The maximum atomic E-state index is 12.4. The Morgan fingerprint density at radius 1 is 1.50 bits per heavy atom. The van der Waals surface area contributed by atoms with Gasteiger partial charge in [0.05, 0.1) is 18.1 Å². The first-order chi connectivity index (χ1) is 9.56. The van der Waals surface area contributed by atoms with Crippen LogP contribution in [0.1, 0.15) is 35.4 Å². The van der Waals surface area contributed by atoms with Crippen LogP contribution in [-0.4, -0.2) is 47.7 Å². The van der Waals surface area contributed by atoms with E-state index in [1.165, 1.54) is 11.2 Å². The first kappa shape index (κ1) is 14.6. The molecule has 0 aliphatic carbocycles. The van der Waals surface area contributed by atoms with Gasteiger partial charge in [0.2, 0.25) is 0 Å². The van der Waals surface area contributed by atoms with Crippen molar-refractivity contribution in [2.45, 2.75) is 32.3 Å². The summed E-state index contributed by atoms with van der Waals surface area (Å²) in [5.41, 5.74) is 0.450. The molecule has 1 fully saturated rings. The van der Waals surface area contributed by atoms with E-state index < -0.39 is 5.97 Å². The summed E-state index contributed by atoms with van der Waals surface area (Å²) >= 11 is 0. The smallest absolute Gasteiger partial charge is 0.305 e. The molecule has 1 aliphatic rings. The third-order valence-electron chi connectivity index (χ3n) is 3.31. The summed E-state index contributed by atoms with van der Waals surface area (Å²) < 4.78 is 10.7. The van der Waals surface area contributed by atoms with E-state index in [2.05, 4.69) is 0 Å². The van der Waals surface area contributed by atoms with Crippen LogP contribution < -0.4 is 0 Å². The van der Waals surface area contributed by atoms with Crippen molar-refractivity contribution in [3.63, 3.8) is 0 Å². The van der Waals surface area contributed by atoms with Gasteiger partial charge in [-0.3, -0.25) is 9.59 Å². The number of aliphatic carboxylic acids is 1. The van der Waals surface area contributed by atoms with Crippen LogP contribution in [0.15, 0.2) is 16.7 Å². The van der Waals surface area contributed by atoms with E-state index in [4.69, 9.17) is 14.3 Å². The van der Waals surface area contributed by atoms with Crippen LogP contribution in [0, 0.1) is 6.92 Å². The van der Waals surface area contributed by atoms with Gasteiger partial charge < -0.3 is 19.2 Å². The lowest BCUT2D eigenvalue weighted by Crippen LogP contribution is -2.38. The minimum Gasteiger partial charge on any atom is -0.481 e. The third-order valence-corrected chi connectivity index (χ3v) is 3.31. The molecule has 6 nitrogen and oxygen atoms in total. The van der Waals surface area contributed by atoms with Crippen molar-refractivity contribution in [3.8, 4) is 0 Å². The molecule has 1 N–H and O–H groups in total. The lowest BCUT2D eigenvalue weighted by molar-refractivity contribution is -0.137. The van der Waals surface area contributed by atoms with E-state index in [1.54, 1.807) is 13.0 Å². The second-order valence-corrected chi connectivity index (χ2v) is 4.98. The van der Waals surface area contributed by atoms with Gasteiger partial charge in [-0.25, -0.2) is 0 Å². The summed E-state index contributed by atoms with van der Waals surface area (Å²) in [6.45, 7) is 3.07. The fourth-order valence-electron chi connectivity index (χ4n) is 2.28. The van der Waals surface area contributed by atoms with Crippen LogP contribution in [0.3, 0.4) is 0 Å². The van der Waals surface area contributed by atoms with E-state index in [0.717, 1.165) is 12.8 Å². The van der Waals surface area contributed by atoms with Gasteiger partial charge in [-0.15, -0.1) is 0 Å². The van der Waals surface area contributed by atoms with Crippen LogP contribution >= 0.6 is 0 Å². The maximum absolute atomic E-state index is 12.4. The number of ether oxygens (including phenoxy) is 1. The zero-order valence-corrected chi connectivity index (χ0v) is 11.5. The highest BCUT2D eigenvalue weighted by molar-refractivity contribution is 5.94. The fraction of sp³-hybridized carbons (Fsp3) is 0.571. The Balaban J connectivity index is 2.03. The Bertz CT molecular complexity index is 476. The van der Waals surface area contributed by atoms with Crippen molar-refractivity contribution >= 4 is 11.9 Å². The summed E-state index contributed by atoms with van der Waals surface area (Å²) in [5.74, 6) is -0.472. The molecule has 2 rings (SSSR count). The zero-order valence-electron chi connectivity index (χ0n) is 11.5.